The summed E-state index contributed by atoms with van der Waals surface area (Å²) in [7, 11) is -2.84. The molecule has 3 nitrogen and oxygen atoms in total. The van der Waals surface area contributed by atoms with E-state index in [2.05, 4.69) is 4.74 Å². The molecule has 0 radical (unpaired) electrons. The van der Waals surface area contributed by atoms with Gasteiger partial charge in [0.1, 0.15) is 7.63 Å². The zero-order valence-electron chi connectivity index (χ0n) is 10.4. The Morgan fingerprint density at radius 1 is 1.91 bits per heavy atom. The summed E-state index contributed by atoms with van der Waals surface area (Å²) in [5.74, 6) is -1.19. The molecule has 0 aliphatic carbocycles. The third-order valence-corrected chi connectivity index (χ3v) is 1.10. The number of methoxy groups -OCH3 is 1. The maximum absolute atomic E-state index is 10.8. The molecule has 1 aromatic rings. The van der Waals surface area contributed by atoms with Crippen molar-refractivity contribution < 1.29 is 21.5 Å². The summed E-state index contributed by atoms with van der Waals surface area (Å²) in [5, 5.41) is 9.29. The first-order chi connectivity index (χ1) is 7.22. The summed E-state index contributed by atoms with van der Waals surface area (Å²) < 4.78 is 39.1. The lowest BCUT2D eigenvalue weighted by Crippen LogP contribution is -1.85. The van der Waals surface area contributed by atoms with E-state index in [1.54, 1.807) is 0 Å². The first kappa shape index (κ1) is 3.26. The Morgan fingerprint density at radius 3 is 3.36 bits per heavy atom. The van der Waals surface area contributed by atoms with Crippen molar-refractivity contribution >= 4 is 6.26 Å². The van der Waals surface area contributed by atoms with Gasteiger partial charge in [0.2, 0.25) is 0 Å². The van der Waals surface area contributed by atoms with Crippen LogP contribution in [0.2, 0.25) is 0 Å². The number of hydrogen-bond donors (Lipinski definition) is 1. The SMILES string of the molecule is [2H]C(=O)c1ccc(O)c(OC([2H])([2H])[2H])c1[2H]. The van der Waals surface area contributed by atoms with E-state index in [1.807, 2.05) is 0 Å². The van der Waals surface area contributed by atoms with Crippen LogP contribution in [0.25, 0.3) is 0 Å². The molecule has 0 saturated heterocycles. The molecule has 3 heteroatoms. The van der Waals surface area contributed by atoms with E-state index in [1.165, 1.54) is 0 Å². The molecule has 0 saturated carbocycles. The molecule has 1 N–H and O–H groups in total. The Labute approximate surface area is 71.3 Å². The Bertz CT molecular complexity index is 426. The van der Waals surface area contributed by atoms with Crippen molar-refractivity contribution in [3.8, 4) is 11.5 Å². The first-order valence-corrected chi connectivity index (χ1v) is 2.75. The summed E-state index contributed by atoms with van der Waals surface area (Å²) in [5.41, 5.74) is -0.336. The fraction of sp³-hybridized carbons (Fsp3) is 0.125. The second-order valence-corrected chi connectivity index (χ2v) is 1.79. The average Bonchev–Trinajstić information content (AvgIpc) is 2.10. The quantitative estimate of drug-likeness (QED) is 0.656. The number of aldehydes is 1. The van der Waals surface area contributed by atoms with Gasteiger partial charge < -0.3 is 9.84 Å². The van der Waals surface area contributed by atoms with E-state index in [0.29, 0.717) is 0 Å². The molecule has 0 bridgehead atoms. The smallest absolute Gasteiger partial charge is 0.161 e. The van der Waals surface area contributed by atoms with Crippen LogP contribution in [-0.4, -0.2) is 18.4 Å². The number of benzene rings is 1. The second-order valence-electron chi connectivity index (χ2n) is 1.79. The van der Waals surface area contributed by atoms with Crippen LogP contribution in [0.1, 0.15) is 17.2 Å². The van der Waals surface area contributed by atoms with Gasteiger partial charge in [-0.1, -0.05) is 0 Å². The van der Waals surface area contributed by atoms with Crippen LogP contribution in [0.4, 0.5) is 0 Å². The highest BCUT2D eigenvalue weighted by atomic mass is 16.5. The third kappa shape index (κ3) is 1.49. The van der Waals surface area contributed by atoms with Crippen molar-refractivity contribution in [1.29, 1.82) is 0 Å². The largest absolute Gasteiger partial charge is 0.504 e. The van der Waals surface area contributed by atoms with Gasteiger partial charge in [0.05, 0.1) is 12.5 Å². The van der Waals surface area contributed by atoms with Crippen LogP contribution in [0.15, 0.2) is 18.2 Å². The topological polar surface area (TPSA) is 46.5 Å². The van der Waals surface area contributed by atoms with Crippen molar-refractivity contribution in [2.45, 2.75) is 0 Å². The molecular weight excluding hydrogens is 144 g/mol. The lowest BCUT2D eigenvalue weighted by molar-refractivity contribution is 0.112. The Balaban J connectivity index is 3.27. The maximum atomic E-state index is 10.8. The van der Waals surface area contributed by atoms with Crippen LogP contribution in [0.3, 0.4) is 0 Å². The molecule has 1 aromatic carbocycles. The van der Waals surface area contributed by atoms with Crippen LogP contribution in [0, 0.1) is 0 Å². The number of carbonyl (C=O) groups is 1. The van der Waals surface area contributed by atoms with Crippen LogP contribution >= 0.6 is 0 Å². The average molecular weight is 157 g/mol. The molecule has 0 aliphatic heterocycles. The molecule has 11 heavy (non-hydrogen) atoms. The maximum Gasteiger partial charge on any atom is 0.161 e. The number of phenols is 1. The first-order valence-electron chi connectivity index (χ1n) is 5.25. The predicted molar refractivity (Wildman–Crippen MR) is 40.0 cm³/mol. The number of ether oxygens (including phenoxy) is 1. The summed E-state index contributed by atoms with van der Waals surface area (Å²) in [4.78, 5) is 10.8. The van der Waals surface area contributed by atoms with Crippen molar-refractivity contribution in [1.82, 2.24) is 0 Å². The molecule has 0 fully saturated rings. The molecule has 1 rings (SSSR count). The van der Waals surface area contributed by atoms with Gasteiger partial charge >= 0.3 is 0 Å². The van der Waals surface area contributed by atoms with Crippen molar-refractivity contribution in [3.05, 3.63) is 23.7 Å². The lowest BCUT2D eigenvalue weighted by Gasteiger charge is -2.01. The number of carbonyl (C=O) groups excluding carboxylic acids is 1. The fourth-order valence-corrected chi connectivity index (χ4v) is 0.603. The van der Waals surface area contributed by atoms with Crippen LogP contribution in [-0.2, 0) is 0 Å². The van der Waals surface area contributed by atoms with Gasteiger partial charge in [-0.05, 0) is 18.2 Å². The third-order valence-electron chi connectivity index (χ3n) is 1.10. The number of rotatable bonds is 2. The van der Waals surface area contributed by atoms with Crippen molar-refractivity contribution in [2.24, 2.45) is 0 Å². The molecule has 58 valence electrons. The molecule has 0 unspecified atom stereocenters. The molecule has 0 aliphatic rings. The minimum Gasteiger partial charge on any atom is -0.504 e. The predicted octanol–water partition coefficient (Wildman–Crippen LogP) is 1.21. The van der Waals surface area contributed by atoms with Crippen molar-refractivity contribution in [2.75, 3.05) is 7.04 Å². The number of aromatic hydroxyl groups is 1. The van der Waals surface area contributed by atoms with Crippen LogP contribution < -0.4 is 4.74 Å². The van der Waals surface area contributed by atoms with E-state index in [-0.39, 0.29) is 5.56 Å². The van der Waals surface area contributed by atoms with E-state index in [4.69, 9.17) is 6.85 Å². The molecular formula is C8H8O3. The lowest BCUT2D eigenvalue weighted by atomic mass is 10.2. The van der Waals surface area contributed by atoms with Gasteiger partial charge in [0.25, 0.3) is 0 Å². The molecule has 0 atom stereocenters. The highest BCUT2D eigenvalue weighted by molar-refractivity contribution is 5.76. The monoisotopic (exact) mass is 157 g/mol. The van der Waals surface area contributed by atoms with Crippen LogP contribution in [0.5, 0.6) is 11.5 Å². The Morgan fingerprint density at radius 2 is 2.73 bits per heavy atom. The number of hydrogen-bond acceptors (Lipinski definition) is 3. The van der Waals surface area contributed by atoms with Gasteiger partial charge in [-0.25, -0.2) is 0 Å². The van der Waals surface area contributed by atoms with E-state index >= 15 is 0 Å². The van der Waals surface area contributed by atoms with E-state index in [9.17, 15) is 9.90 Å². The minimum atomic E-state index is -2.84. The molecule has 0 aromatic heterocycles. The van der Waals surface area contributed by atoms with Gasteiger partial charge in [0, 0.05) is 5.56 Å². The van der Waals surface area contributed by atoms with Gasteiger partial charge in [-0.3, -0.25) is 4.79 Å². The van der Waals surface area contributed by atoms with Gasteiger partial charge in [-0.2, -0.15) is 0 Å². The van der Waals surface area contributed by atoms with Gasteiger partial charge in [-0.15, -0.1) is 0 Å². The zero-order valence-corrected chi connectivity index (χ0v) is 5.42. The van der Waals surface area contributed by atoms with E-state index < -0.39 is 30.8 Å². The summed E-state index contributed by atoms with van der Waals surface area (Å²) in [6.07, 6.45) is -1.15. The summed E-state index contributed by atoms with van der Waals surface area (Å²) in [6, 6.07) is 1.44. The minimum absolute atomic E-state index is 0.336. The number of phenolic OH excluding ortho intramolecular Hbond substituents is 1. The van der Waals surface area contributed by atoms with Gasteiger partial charge in [0.15, 0.2) is 11.5 Å². The Kier molecular flexibility index (Phi) is 0.904. The van der Waals surface area contributed by atoms with Crippen molar-refractivity contribution in [3.63, 3.8) is 0 Å². The Hall–Kier alpha value is -1.51. The second kappa shape index (κ2) is 3.05. The highest BCUT2D eigenvalue weighted by Gasteiger charge is 2.00. The zero-order chi connectivity index (χ0) is 12.5. The fourth-order valence-electron chi connectivity index (χ4n) is 0.603. The molecule has 0 heterocycles. The molecule has 0 spiro atoms. The molecule has 0 amide bonds. The van der Waals surface area contributed by atoms with E-state index in [0.717, 1.165) is 12.1 Å². The highest BCUT2D eigenvalue weighted by Crippen LogP contribution is 2.25. The summed E-state index contributed by atoms with van der Waals surface area (Å²) >= 11 is 0. The standard InChI is InChI=1S/C8H8O3/c1-11-8-4-6(5-9)2-3-7(8)10/h2-5,10H,1H3/i1D3,4D,5D. The summed E-state index contributed by atoms with van der Waals surface area (Å²) in [6.45, 7) is 0. The normalized spacial score (nSPS) is 16.9.